The van der Waals surface area contributed by atoms with Gasteiger partial charge in [0.15, 0.2) is 5.69 Å². The van der Waals surface area contributed by atoms with Crippen molar-refractivity contribution < 1.29 is 9.53 Å². The maximum atomic E-state index is 11.6. The number of aromatic nitrogens is 2. The van der Waals surface area contributed by atoms with Crippen LogP contribution in [0.25, 0.3) is 5.52 Å². The van der Waals surface area contributed by atoms with Crippen molar-refractivity contribution in [3.63, 3.8) is 0 Å². The first-order valence-corrected chi connectivity index (χ1v) is 6.35. The summed E-state index contributed by atoms with van der Waals surface area (Å²) < 4.78 is 6.72. The van der Waals surface area contributed by atoms with Gasteiger partial charge in [0.25, 0.3) is 0 Å². The summed E-state index contributed by atoms with van der Waals surface area (Å²) in [6.07, 6.45) is 3.27. The van der Waals surface area contributed by atoms with Crippen LogP contribution in [0, 0.1) is 5.92 Å². The van der Waals surface area contributed by atoms with Crippen molar-refractivity contribution >= 4 is 11.5 Å². The number of carbonyl (C=O) groups excluding carboxylic acids is 1. The van der Waals surface area contributed by atoms with E-state index < -0.39 is 0 Å². The second-order valence-electron chi connectivity index (χ2n) is 4.90. The molecule has 1 saturated carbocycles. The minimum Gasteiger partial charge on any atom is -0.461 e. The van der Waals surface area contributed by atoms with E-state index in [0.717, 1.165) is 11.4 Å². The molecule has 2 heterocycles. The maximum absolute atomic E-state index is 11.6. The van der Waals surface area contributed by atoms with Crippen LogP contribution in [0.15, 0.2) is 24.4 Å². The van der Waals surface area contributed by atoms with E-state index in [-0.39, 0.29) is 5.97 Å². The molecule has 94 valence electrons. The first-order valence-electron chi connectivity index (χ1n) is 6.35. The van der Waals surface area contributed by atoms with Gasteiger partial charge in [0.1, 0.15) is 0 Å². The lowest BCUT2D eigenvalue weighted by Crippen LogP contribution is -2.05. The van der Waals surface area contributed by atoms with Crippen LogP contribution in [0.3, 0.4) is 0 Å². The lowest BCUT2D eigenvalue weighted by atomic mass is 10.1. The number of nitrogens with zero attached hydrogens (tertiary/aromatic N) is 2. The van der Waals surface area contributed by atoms with Gasteiger partial charge in [0, 0.05) is 6.20 Å². The van der Waals surface area contributed by atoms with Gasteiger partial charge in [-0.2, -0.15) is 5.10 Å². The monoisotopic (exact) mass is 244 g/mol. The summed E-state index contributed by atoms with van der Waals surface area (Å²) in [6.45, 7) is 4.42. The SMILES string of the molecule is CCOC(=O)c1cc2ccc([C@H]3CC3C)cn2n1. The Morgan fingerprint density at radius 2 is 2.33 bits per heavy atom. The zero-order chi connectivity index (χ0) is 12.7. The minimum absolute atomic E-state index is 0.359. The van der Waals surface area contributed by atoms with E-state index in [1.807, 2.05) is 12.3 Å². The summed E-state index contributed by atoms with van der Waals surface area (Å²) in [4.78, 5) is 11.6. The summed E-state index contributed by atoms with van der Waals surface area (Å²) >= 11 is 0. The molecule has 0 saturated heterocycles. The summed E-state index contributed by atoms with van der Waals surface area (Å²) in [6, 6.07) is 5.90. The third-order valence-electron chi connectivity index (χ3n) is 3.50. The normalized spacial score (nSPS) is 22.1. The van der Waals surface area contributed by atoms with E-state index in [9.17, 15) is 4.79 Å². The van der Waals surface area contributed by atoms with Gasteiger partial charge in [-0.1, -0.05) is 13.0 Å². The van der Waals surface area contributed by atoms with Crippen molar-refractivity contribution in [1.29, 1.82) is 0 Å². The van der Waals surface area contributed by atoms with Gasteiger partial charge in [-0.3, -0.25) is 0 Å². The summed E-state index contributed by atoms with van der Waals surface area (Å²) in [7, 11) is 0. The zero-order valence-corrected chi connectivity index (χ0v) is 10.6. The number of fused-ring (bicyclic) bond motifs is 1. The predicted molar refractivity (Wildman–Crippen MR) is 67.7 cm³/mol. The largest absolute Gasteiger partial charge is 0.461 e. The molecule has 0 aliphatic heterocycles. The lowest BCUT2D eigenvalue weighted by molar-refractivity contribution is 0.0519. The Labute approximate surface area is 106 Å². The fourth-order valence-corrected chi connectivity index (χ4v) is 2.31. The lowest BCUT2D eigenvalue weighted by Gasteiger charge is -1.99. The van der Waals surface area contributed by atoms with E-state index in [1.165, 1.54) is 12.0 Å². The smallest absolute Gasteiger partial charge is 0.358 e. The van der Waals surface area contributed by atoms with E-state index in [2.05, 4.69) is 18.1 Å². The Balaban J connectivity index is 1.94. The van der Waals surface area contributed by atoms with Crippen LogP contribution >= 0.6 is 0 Å². The van der Waals surface area contributed by atoms with Crippen molar-refractivity contribution in [2.75, 3.05) is 6.61 Å². The second-order valence-corrected chi connectivity index (χ2v) is 4.90. The van der Waals surface area contributed by atoms with Crippen LogP contribution in [0.5, 0.6) is 0 Å². The molecule has 4 heteroatoms. The van der Waals surface area contributed by atoms with Gasteiger partial charge >= 0.3 is 5.97 Å². The van der Waals surface area contributed by atoms with Crippen LogP contribution in [-0.4, -0.2) is 22.2 Å². The van der Waals surface area contributed by atoms with Crippen molar-refractivity contribution in [2.24, 2.45) is 5.92 Å². The highest BCUT2D eigenvalue weighted by Gasteiger charge is 2.34. The number of carbonyl (C=O) groups is 1. The Hall–Kier alpha value is -1.84. The molecule has 1 fully saturated rings. The highest BCUT2D eigenvalue weighted by atomic mass is 16.5. The van der Waals surface area contributed by atoms with Crippen molar-refractivity contribution in [1.82, 2.24) is 9.61 Å². The molecule has 18 heavy (non-hydrogen) atoms. The van der Waals surface area contributed by atoms with Crippen LogP contribution < -0.4 is 0 Å². The van der Waals surface area contributed by atoms with E-state index >= 15 is 0 Å². The third-order valence-corrected chi connectivity index (χ3v) is 3.50. The topological polar surface area (TPSA) is 43.6 Å². The molecule has 2 atom stereocenters. The number of esters is 1. The summed E-state index contributed by atoms with van der Waals surface area (Å²) in [5.74, 6) is 1.06. The van der Waals surface area contributed by atoms with Crippen molar-refractivity contribution in [2.45, 2.75) is 26.2 Å². The second kappa shape index (κ2) is 4.12. The average molecular weight is 244 g/mol. The van der Waals surface area contributed by atoms with Crippen LogP contribution in [0.4, 0.5) is 0 Å². The molecule has 2 aromatic rings. The zero-order valence-electron chi connectivity index (χ0n) is 10.6. The van der Waals surface area contributed by atoms with Crippen LogP contribution in [0.1, 0.15) is 42.2 Å². The minimum atomic E-state index is -0.359. The van der Waals surface area contributed by atoms with Crippen molar-refractivity contribution in [3.8, 4) is 0 Å². The summed E-state index contributed by atoms with van der Waals surface area (Å²) in [5.41, 5.74) is 2.60. The molecule has 0 radical (unpaired) electrons. The number of hydrogen-bond acceptors (Lipinski definition) is 3. The molecular formula is C14H16N2O2. The van der Waals surface area contributed by atoms with E-state index in [0.29, 0.717) is 18.2 Å². The summed E-state index contributed by atoms with van der Waals surface area (Å²) in [5, 5.41) is 4.27. The standard InChI is InChI=1S/C14H16N2O2/c1-3-18-14(17)13-7-11-5-4-10(8-16(11)15-13)12-6-9(12)2/h4-5,7-9,12H,3,6H2,1-2H3/t9?,12-/m0/s1. The third kappa shape index (κ3) is 1.88. The quantitative estimate of drug-likeness (QED) is 0.779. The predicted octanol–water partition coefficient (Wildman–Crippen LogP) is 2.63. The number of hydrogen-bond donors (Lipinski definition) is 0. The van der Waals surface area contributed by atoms with Gasteiger partial charge in [-0.15, -0.1) is 0 Å². The molecule has 0 spiro atoms. The fourth-order valence-electron chi connectivity index (χ4n) is 2.31. The molecule has 1 unspecified atom stereocenters. The van der Waals surface area contributed by atoms with Gasteiger partial charge in [0.2, 0.25) is 0 Å². The first-order chi connectivity index (χ1) is 8.69. The van der Waals surface area contributed by atoms with Gasteiger partial charge in [-0.25, -0.2) is 9.31 Å². The Bertz CT molecular complexity index is 603. The Kier molecular flexibility index (Phi) is 2.58. The Morgan fingerprint density at radius 3 is 3.00 bits per heavy atom. The fraction of sp³-hybridized carbons (Fsp3) is 0.429. The van der Waals surface area contributed by atoms with Crippen molar-refractivity contribution in [3.05, 3.63) is 35.7 Å². The number of rotatable bonds is 3. The van der Waals surface area contributed by atoms with E-state index in [1.54, 1.807) is 17.5 Å². The highest BCUT2D eigenvalue weighted by molar-refractivity contribution is 5.88. The van der Waals surface area contributed by atoms with E-state index in [4.69, 9.17) is 4.74 Å². The molecular weight excluding hydrogens is 228 g/mol. The van der Waals surface area contributed by atoms with Gasteiger partial charge < -0.3 is 4.74 Å². The molecule has 1 aliphatic carbocycles. The number of pyridine rings is 1. The molecule has 3 rings (SSSR count). The van der Waals surface area contributed by atoms with Gasteiger partial charge in [-0.05, 0) is 42.9 Å². The molecule has 0 bridgehead atoms. The van der Waals surface area contributed by atoms with Gasteiger partial charge in [0.05, 0.1) is 12.1 Å². The molecule has 4 nitrogen and oxygen atoms in total. The van der Waals surface area contributed by atoms with Crippen LogP contribution in [0.2, 0.25) is 0 Å². The molecule has 0 amide bonds. The molecule has 1 aliphatic rings. The molecule has 2 aromatic heterocycles. The van der Waals surface area contributed by atoms with Crippen LogP contribution in [-0.2, 0) is 4.74 Å². The Morgan fingerprint density at radius 1 is 1.56 bits per heavy atom. The highest BCUT2D eigenvalue weighted by Crippen LogP contribution is 2.46. The maximum Gasteiger partial charge on any atom is 0.358 e. The first kappa shape index (κ1) is 11.3. The molecule has 0 N–H and O–H groups in total. The average Bonchev–Trinajstić information content (AvgIpc) is 2.92. The number of ether oxygens (including phenoxy) is 1. The molecule has 0 aromatic carbocycles.